The molecule has 0 nitrogen and oxygen atoms in total. The molecule has 0 radical (unpaired) electrons. The first-order valence-corrected chi connectivity index (χ1v) is 7.63. The summed E-state index contributed by atoms with van der Waals surface area (Å²) in [6.07, 6.45) is -4.28. The van der Waals surface area contributed by atoms with E-state index < -0.39 is 11.7 Å². The van der Waals surface area contributed by atoms with Crippen molar-refractivity contribution in [3.63, 3.8) is 0 Å². The van der Waals surface area contributed by atoms with E-state index in [1.165, 1.54) is 12.1 Å². The average molecular weight is 310 g/mol. The van der Waals surface area contributed by atoms with Gasteiger partial charge in [-0.05, 0) is 48.2 Å². The maximum absolute atomic E-state index is 12.5. The molecule has 0 atom stereocenters. The molecule has 0 saturated heterocycles. The number of halogens is 3. The van der Waals surface area contributed by atoms with Crippen LogP contribution >= 0.6 is 0 Å². The minimum Gasteiger partial charge on any atom is -0.166 e. The molecule has 0 amide bonds. The Kier molecular flexibility index (Phi) is 8.54. The highest BCUT2D eigenvalue weighted by Gasteiger charge is 2.29. The van der Waals surface area contributed by atoms with Crippen molar-refractivity contribution in [1.29, 1.82) is 0 Å². The molecule has 0 aromatic heterocycles. The molecule has 0 fully saturated rings. The second-order valence-electron chi connectivity index (χ2n) is 4.32. The van der Waals surface area contributed by atoms with Crippen LogP contribution in [0.4, 0.5) is 13.2 Å². The molecule has 0 N–H and O–H groups in total. The van der Waals surface area contributed by atoms with Gasteiger partial charge in [-0.1, -0.05) is 58.0 Å². The topological polar surface area (TPSA) is 0 Å². The first-order valence-electron chi connectivity index (χ1n) is 7.63. The van der Waals surface area contributed by atoms with Crippen molar-refractivity contribution in [1.82, 2.24) is 0 Å². The number of rotatable bonds is 1. The van der Waals surface area contributed by atoms with Crippen molar-refractivity contribution in [2.45, 2.75) is 47.7 Å². The summed E-state index contributed by atoms with van der Waals surface area (Å²) in [5.41, 5.74) is 3.40. The maximum Gasteiger partial charge on any atom is 0.416 e. The zero-order valence-electron chi connectivity index (χ0n) is 14.2. The van der Waals surface area contributed by atoms with Gasteiger partial charge in [-0.15, -0.1) is 0 Å². The van der Waals surface area contributed by atoms with Crippen LogP contribution in [0.3, 0.4) is 0 Å². The Balaban J connectivity index is 0.00000102. The number of alkyl halides is 3. The van der Waals surface area contributed by atoms with E-state index in [-0.39, 0.29) is 0 Å². The van der Waals surface area contributed by atoms with Crippen LogP contribution in [0.15, 0.2) is 42.5 Å². The van der Waals surface area contributed by atoms with E-state index in [0.717, 1.165) is 34.4 Å². The monoisotopic (exact) mass is 310 g/mol. The van der Waals surface area contributed by atoms with Crippen LogP contribution in [0.5, 0.6) is 0 Å². The Morgan fingerprint density at radius 2 is 1.23 bits per heavy atom. The van der Waals surface area contributed by atoms with Crippen molar-refractivity contribution in [2.75, 3.05) is 0 Å². The van der Waals surface area contributed by atoms with Crippen molar-refractivity contribution >= 4 is 0 Å². The molecular formula is C19H25F3. The molecule has 0 spiro atoms. The lowest BCUT2D eigenvalue weighted by molar-refractivity contribution is -0.137. The minimum absolute atomic E-state index is 0.614. The SMILES string of the molecule is CC.CC.Cc1cccc(-c2ccc(C(F)(F)F)cc2)c1C. The number of benzene rings is 2. The fourth-order valence-electron chi connectivity index (χ4n) is 1.90. The van der Waals surface area contributed by atoms with Crippen molar-refractivity contribution in [2.24, 2.45) is 0 Å². The van der Waals surface area contributed by atoms with Gasteiger partial charge in [0.1, 0.15) is 0 Å². The molecule has 2 rings (SSSR count). The molecule has 0 aliphatic carbocycles. The smallest absolute Gasteiger partial charge is 0.166 e. The molecule has 2 aromatic rings. The lowest BCUT2D eigenvalue weighted by Crippen LogP contribution is -2.04. The Labute approximate surface area is 132 Å². The van der Waals surface area contributed by atoms with Gasteiger partial charge in [0.2, 0.25) is 0 Å². The molecule has 3 heteroatoms. The van der Waals surface area contributed by atoms with Gasteiger partial charge in [0.05, 0.1) is 5.56 Å². The van der Waals surface area contributed by atoms with Crippen molar-refractivity contribution in [3.8, 4) is 11.1 Å². The highest BCUT2D eigenvalue weighted by molar-refractivity contribution is 5.68. The molecule has 0 aliphatic rings. The summed E-state index contributed by atoms with van der Waals surface area (Å²) in [7, 11) is 0. The number of aryl methyl sites for hydroxylation is 1. The minimum atomic E-state index is -4.28. The van der Waals surface area contributed by atoms with Gasteiger partial charge in [0.15, 0.2) is 0 Å². The molecular weight excluding hydrogens is 285 g/mol. The third kappa shape index (κ3) is 5.21. The predicted molar refractivity (Wildman–Crippen MR) is 89.1 cm³/mol. The van der Waals surface area contributed by atoms with Gasteiger partial charge in [-0.3, -0.25) is 0 Å². The second kappa shape index (κ2) is 9.29. The van der Waals surface area contributed by atoms with Crippen molar-refractivity contribution < 1.29 is 13.2 Å². The molecule has 0 bridgehead atoms. The van der Waals surface area contributed by atoms with E-state index in [1.54, 1.807) is 0 Å². The van der Waals surface area contributed by atoms with Crippen LogP contribution in [0.25, 0.3) is 11.1 Å². The van der Waals surface area contributed by atoms with Gasteiger partial charge in [-0.25, -0.2) is 0 Å². The van der Waals surface area contributed by atoms with Gasteiger partial charge < -0.3 is 0 Å². The van der Waals surface area contributed by atoms with E-state index in [4.69, 9.17) is 0 Å². The van der Waals surface area contributed by atoms with Crippen LogP contribution < -0.4 is 0 Å². The van der Waals surface area contributed by atoms with Crippen LogP contribution in [-0.2, 0) is 6.18 Å². The maximum atomic E-state index is 12.5. The molecule has 0 aliphatic heterocycles. The van der Waals surface area contributed by atoms with E-state index in [2.05, 4.69) is 0 Å². The van der Waals surface area contributed by atoms with Gasteiger partial charge in [0, 0.05) is 0 Å². The predicted octanol–water partition coefficient (Wildman–Crippen LogP) is 7.04. The number of hydrogen-bond acceptors (Lipinski definition) is 0. The third-order valence-corrected chi connectivity index (χ3v) is 3.13. The first-order chi connectivity index (χ1) is 10.4. The molecule has 22 heavy (non-hydrogen) atoms. The van der Waals surface area contributed by atoms with Crippen LogP contribution in [0, 0.1) is 13.8 Å². The average Bonchev–Trinajstić information content (AvgIpc) is 2.53. The molecule has 0 saturated carbocycles. The summed E-state index contributed by atoms with van der Waals surface area (Å²) in [5.74, 6) is 0. The van der Waals surface area contributed by atoms with Crippen LogP contribution in [0.2, 0.25) is 0 Å². The summed E-state index contributed by atoms with van der Waals surface area (Å²) in [4.78, 5) is 0. The summed E-state index contributed by atoms with van der Waals surface area (Å²) < 4.78 is 37.4. The Hall–Kier alpha value is -1.77. The quantitative estimate of drug-likeness (QED) is 0.530. The highest BCUT2D eigenvalue weighted by Crippen LogP contribution is 2.32. The fraction of sp³-hybridized carbons (Fsp3) is 0.368. The van der Waals surface area contributed by atoms with Crippen LogP contribution in [0.1, 0.15) is 44.4 Å². The fourth-order valence-corrected chi connectivity index (χ4v) is 1.90. The lowest BCUT2D eigenvalue weighted by atomic mass is 9.96. The molecule has 122 valence electrons. The zero-order chi connectivity index (χ0) is 17.3. The number of hydrogen-bond donors (Lipinski definition) is 0. The summed E-state index contributed by atoms with van der Waals surface area (Å²) in [5, 5.41) is 0. The van der Waals surface area contributed by atoms with E-state index in [1.807, 2.05) is 59.7 Å². The second-order valence-corrected chi connectivity index (χ2v) is 4.32. The van der Waals surface area contributed by atoms with E-state index >= 15 is 0 Å². The Morgan fingerprint density at radius 3 is 1.68 bits per heavy atom. The van der Waals surface area contributed by atoms with E-state index in [0.29, 0.717) is 0 Å². The largest absolute Gasteiger partial charge is 0.416 e. The van der Waals surface area contributed by atoms with Gasteiger partial charge in [-0.2, -0.15) is 13.2 Å². The highest BCUT2D eigenvalue weighted by atomic mass is 19.4. The molecule has 0 heterocycles. The third-order valence-electron chi connectivity index (χ3n) is 3.13. The Bertz CT molecular complexity index is 552. The van der Waals surface area contributed by atoms with E-state index in [9.17, 15) is 13.2 Å². The standard InChI is InChI=1S/C15H13F3.2C2H6/c1-10-4-3-5-14(11(10)2)12-6-8-13(9-7-12)15(16,17)18;2*1-2/h3-9H,1-2H3;2*1-2H3. The lowest BCUT2D eigenvalue weighted by Gasteiger charge is -2.11. The Morgan fingerprint density at radius 1 is 0.727 bits per heavy atom. The van der Waals surface area contributed by atoms with Gasteiger partial charge >= 0.3 is 6.18 Å². The van der Waals surface area contributed by atoms with Crippen LogP contribution in [-0.4, -0.2) is 0 Å². The summed E-state index contributed by atoms with van der Waals surface area (Å²) in [6.45, 7) is 12.0. The summed E-state index contributed by atoms with van der Waals surface area (Å²) in [6, 6.07) is 11.1. The molecule has 2 aromatic carbocycles. The van der Waals surface area contributed by atoms with Crippen molar-refractivity contribution in [3.05, 3.63) is 59.2 Å². The summed E-state index contributed by atoms with van der Waals surface area (Å²) >= 11 is 0. The molecule has 0 unspecified atom stereocenters. The normalized spacial score (nSPS) is 10.0. The van der Waals surface area contributed by atoms with Gasteiger partial charge in [0.25, 0.3) is 0 Å². The zero-order valence-corrected chi connectivity index (χ0v) is 14.2. The first kappa shape index (κ1) is 20.2.